The molecule has 1 heterocycles. The number of imide groups is 1. The molecule has 1 saturated carbocycles. The summed E-state index contributed by atoms with van der Waals surface area (Å²) in [5.41, 5.74) is 0.147. The zero-order valence-electron chi connectivity index (χ0n) is 13.0. The highest BCUT2D eigenvalue weighted by atomic mass is 35.5. The molecule has 1 aromatic carbocycles. The number of benzene rings is 1. The summed E-state index contributed by atoms with van der Waals surface area (Å²) in [5.74, 6) is -1.02. The van der Waals surface area contributed by atoms with Crippen molar-refractivity contribution < 1.29 is 14.5 Å². The number of amides is 2. The Morgan fingerprint density at radius 3 is 2.28 bits per heavy atom. The van der Waals surface area contributed by atoms with Crippen molar-refractivity contribution in [3.8, 4) is 0 Å². The Morgan fingerprint density at radius 1 is 1.16 bits per heavy atom. The van der Waals surface area contributed by atoms with Crippen LogP contribution in [0.1, 0.15) is 18.4 Å². The highest BCUT2D eigenvalue weighted by Gasteiger charge is 2.56. The first-order valence-electron chi connectivity index (χ1n) is 8.01. The van der Waals surface area contributed by atoms with Gasteiger partial charge in [0.1, 0.15) is 5.02 Å². The molecule has 128 valence electrons. The van der Waals surface area contributed by atoms with Crippen molar-refractivity contribution >= 4 is 35.3 Å². The average Bonchev–Trinajstić information content (AvgIpc) is 2.88. The second-order valence-corrected chi connectivity index (χ2v) is 6.95. The zero-order valence-corrected chi connectivity index (χ0v) is 13.8. The number of hydrogen-bond acceptors (Lipinski definition) is 5. The topological polar surface area (TPSA) is 92.9 Å². The molecule has 1 aliphatic heterocycles. The molecular formula is C17H14ClN3O4. The van der Waals surface area contributed by atoms with Gasteiger partial charge in [0, 0.05) is 11.6 Å². The number of nitro benzene ring substituents is 1. The van der Waals surface area contributed by atoms with Crippen LogP contribution in [-0.2, 0) is 9.59 Å². The van der Waals surface area contributed by atoms with Gasteiger partial charge in [0.05, 0.1) is 23.0 Å². The Balaban J connectivity index is 1.60. The van der Waals surface area contributed by atoms with Gasteiger partial charge in [0.15, 0.2) is 0 Å². The lowest BCUT2D eigenvalue weighted by Gasteiger charge is -2.37. The van der Waals surface area contributed by atoms with Crippen LogP contribution in [0.15, 0.2) is 35.5 Å². The molecule has 2 fully saturated rings. The molecule has 0 unspecified atom stereocenters. The fourth-order valence-electron chi connectivity index (χ4n) is 4.05. The molecule has 1 aromatic rings. The minimum Gasteiger partial charge on any atom is -0.272 e. The highest BCUT2D eigenvalue weighted by molar-refractivity contribution is 6.32. The van der Waals surface area contributed by atoms with Crippen LogP contribution >= 0.6 is 11.6 Å². The summed E-state index contributed by atoms with van der Waals surface area (Å²) < 4.78 is 0. The normalized spacial score (nSPS) is 30.4. The first-order chi connectivity index (χ1) is 12.0. The molecule has 7 nitrogen and oxygen atoms in total. The largest absolute Gasteiger partial charge is 0.288 e. The molecule has 0 spiro atoms. The van der Waals surface area contributed by atoms with Crippen molar-refractivity contribution in [2.75, 3.05) is 0 Å². The van der Waals surface area contributed by atoms with Crippen LogP contribution in [0.3, 0.4) is 0 Å². The van der Waals surface area contributed by atoms with Crippen molar-refractivity contribution in [1.29, 1.82) is 0 Å². The molecule has 8 heteroatoms. The minimum atomic E-state index is -0.593. The first kappa shape index (κ1) is 16.0. The van der Waals surface area contributed by atoms with Crippen molar-refractivity contribution in [3.63, 3.8) is 0 Å². The minimum absolute atomic E-state index is 0.0177. The Bertz CT molecular complexity index is 818. The summed E-state index contributed by atoms with van der Waals surface area (Å²) >= 11 is 5.77. The first-order valence-corrected chi connectivity index (χ1v) is 8.39. The number of halogens is 1. The van der Waals surface area contributed by atoms with Gasteiger partial charge in [-0.1, -0.05) is 29.8 Å². The standard InChI is InChI=1S/C17H14ClN3O4/c18-12-6-1-9(7-13(12)21(24)25)8-19-20-16(22)14-10-2-3-11(5-4-10)15(14)17(20)23/h1-3,6-8,10-11,14-15H,4-5H2/b19-8-/t10-,11-,14-,15+/m0/s1. The number of nitrogens with zero attached hydrogens (tertiary/aromatic N) is 3. The van der Waals surface area contributed by atoms with E-state index in [0.29, 0.717) is 5.56 Å². The molecule has 3 aliphatic carbocycles. The van der Waals surface area contributed by atoms with E-state index in [1.54, 1.807) is 6.07 Å². The molecule has 0 radical (unpaired) electrons. The van der Waals surface area contributed by atoms with Crippen molar-refractivity contribution in [2.24, 2.45) is 28.8 Å². The third-order valence-corrected chi connectivity index (χ3v) is 5.54. The Morgan fingerprint density at radius 2 is 1.76 bits per heavy atom. The number of carbonyl (C=O) groups excluding carboxylic acids is 2. The number of allylic oxidation sites excluding steroid dienone is 2. The Labute approximate surface area is 148 Å². The lowest BCUT2D eigenvalue weighted by molar-refractivity contribution is -0.384. The van der Waals surface area contributed by atoms with Crippen molar-refractivity contribution in [1.82, 2.24) is 5.01 Å². The number of hydrazone groups is 1. The van der Waals surface area contributed by atoms with Crippen LogP contribution in [0, 0.1) is 33.8 Å². The van der Waals surface area contributed by atoms with E-state index in [-0.39, 0.29) is 46.2 Å². The van der Waals surface area contributed by atoms with Gasteiger partial charge in [0.2, 0.25) is 0 Å². The molecule has 4 atom stereocenters. The quantitative estimate of drug-likeness (QED) is 0.273. The lowest BCUT2D eigenvalue weighted by atomic mass is 9.63. The van der Waals surface area contributed by atoms with Gasteiger partial charge < -0.3 is 0 Å². The zero-order chi connectivity index (χ0) is 17.7. The molecule has 0 N–H and O–H groups in total. The maximum Gasteiger partial charge on any atom is 0.288 e. The van der Waals surface area contributed by atoms with Gasteiger partial charge in [-0.05, 0) is 30.7 Å². The summed E-state index contributed by atoms with van der Waals surface area (Å²) in [4.78, 5) is 35.6. The molecule has 4 aliphatic rings. The number of hydrogen-bond donors (Lipinski definition) is 0. The maximum atomic E-state index is 12.6. The van der Waals surface area contributed by atoms with Crippen LogP contribution < -0.4 is 0 Å². The van der Waals surface area contributed by atoms with E-state index in [9.17, 15) is 19.7 Å². The number of fused-ring (bicyclic) bond motifs is 1. The summed E-state index contributed by atoms with van der Waals surface area (Å²) in [7, 11) is 0. The number of carbonyl (C=O) groups is 2. The predicted octanol–water partition coefficient (Wildman–Crippen LogP) is 2.78. The predicted molar refractivity (Wildman–Crippen MR) is 89.9 cm³/mol. The fraction of sp³-hybridized carbons (Fsp3) is 0.353. The molecule has 2 bridgehead atoms. The van der Waals surface area contributed by atoms with Crippen molar-refractivity contribution in [2.45, 2.75) is 12.8 Å². The number of rotatable bonds is 3. The van der Waals surface area contributed by atoms with Crippen LogP contribution in [0.5, 0.6) is 0 Å². The van der Waals surface area contributed by atoms with Crippen molar-refractivity contribution in [3.05, 3.63) is 51.1 Å². The third kappa shape index (κ3) is 2.46. The summed E-state index contributed by atoms with van der Waals surface area (Å²) in [6.45, 7) is 0. The Kier molecular flexibility index (Phi) is 3.68. The smallest absolute Gasteiger partial charge is 0.272 e. The summed E-state index contributed by atoms with van der Waals surface area (Å²) in [5, 5.41) is 15.9. The maximum absolute atomic E-state index is 12.6. The van der Waals surface area contributed by atoms with E-state index >= 15 is 0 Å². The van der Waals surface area contributed by atoms with Crippen LogP contribution in [0.2, 0.25) is 5.02 Å². The summed E-state index contributed by atoms with van der Waals surface area (Å²) in [6, 6.07) is 4.19. The molecule has 5 rings (SSSR count). The monoisotopic (exact) mass is 359 g/mol. The van der Waals surface area contributed by atoms with Gasteiger partial charge in [-0.15, -0.1) is 0 Å². The summed E-state index contributed by atoms with van der Waals surface area (Å²) in [6.07, 6.45) is 7.20. The van der Waals surface area contributed by atoms with Gasteiger partial charge in [-0.3, -0.25) is 19.7 Å². The highest BCUT2D eigenvalue weighted by Crippen LogP contribution is 2.49. The third-order valence-electron chi connectivity index (χ3n) is 5.23. The van der Waals surface area contributed by atoms with Gasteiger partial charge in [-0.25, -0.2) is 0 Å². The SMILES string of the molecule is O=C1[C@@H]2[C@H](C(=O)N1/N=C\c1ccc(Cl)c([N+](=O)[O-])c1)[C@H]1C=C[C@H]2CC1. The molecular weight excluding hydrogens is 346 g/mol. The average molecular weight is 360 g/mol. The van der Waals surface area contributed by atoms with E-state index < -0.39 is 4.92 Å². The van der Waals surface area contributed by atoms with Crippen LogP contribution in [-0.4, -0.2) is 28.0 Å². The van der Waals surface area contributed by atoms with E-state index in [0.717, 1.165) is 17.9 Å². The van der Waals surface area contributed by atoms with Gasteiger partial charge in [-0.2, -0.15) is 10.1 Å². The van der Waals surface area contributed by atoms with E-state index in [1.807, 2.05) is 12.2 Å². The van der Waals surface area contributed by atoms with E-state index in [2.05, 4.69) is 5.10 Å². The second-order valence-electron chi connectivity index (χ2n) is 6.54. The van der Waals surface area contributed by atoms with E-state index in [1.165, 1.54) is 18.3 Å². The number of nitro groups is 1. The van der Waals surface area contributed by atoms with Gasteiger partial charge >= 0.3 is 0 Å². The molecule has 0 aromatic heterocycles. The van der Waals surface area contributed by atoms with Crippen LogP contribution in [0.25, 0.3) is 0 Å². The van der Waals surface area contributed by atoms with E-state index in [4.69, 9.17) is 11.6 Å². The van der Waals surface area contributed by atoms with Crippen LogP contribution in [0.4, 0.5) is 5.69 Å². The lowest BCUT2D eigenvalue weighted by Crippen LogP contribution is -2.38. The fourth-order valence-corrected chi connectivity index (χ4v) is 4.23. The molecule has 1 saturated heterocycles. The Hall–Kier alpha value is -2.54. The second kappa shape index (κ2) is 5.77. The molecule has 25 heavy (non-hydrogen) atoms. The molecule has 2 amide bonds. The van der Waals surface area contributed by atoms with Gasteiger partial charge in [0.25, 0.3) is 17.5 Å².